The second kappa shape index (κ2) is 6.83. The summed E-state index contributed by atoms with van der Waals surface area (Å²) >= 11 is 3.13. The van der Waals surface area contributed by atoms with E-state index in [4.69, 9.17) is 4.42 Å². The molecule has 1 aromatic carbocycles. The van der Waals surface area contributed by atoms with Gasteiger partial charge in [-0.05, 0) is 51.8 Å². The van der Waals surface area contributed by atoms with Gasteiger partial charge in [-0.15, -0.1) is 0 Å². The number of carbonyl (C=O) groups is 1. The van der Waals surface area contributed by atoms with E-state index < -0.39 is 17.6 Å². The van der Waals surface area contributed by atoms with Crippen LogP contribution in [0.3, 0.4) is 0 Å². The molecule has 0 saturated carbocycles. The predicted molar refractivity (Wildman–Crippen MR) is 78.7 cm³/mol. The molecule has 0 aliphatic carbocycles. The zero-order valence-electron chi connectivity index (χ0n) is 11.2. The third-order valence-corrected chi connectivity index (χ3v) is 3.14. The first kappa shape index (κ1) is 16.4. The quantitative estimate of drug-likeness (QED) is 0.807. The molecular weight excluding hydrogens is 363 g/mol. The number of nitrogens with one attached hydrogen (secondary N) is 1. The van der Waals surface area contributed by atoms with Crippen LogP contribution in [0.2, 0.25) is 0 Å². The SMILES string of the molecule is O=C(/C=C/c1ccc(Br)o1)NCc1cccc(C(F)(F)F)c1. The Morgan fingerprint density at radius 1 is 1.27 bits per heavy atom. The summed E-state index contributed by atoms with van der Waals surface area (Å²) in [5.74, 6) is 0.0611. The summed E-state index contributed by atoms with van der Waals surface area (Å²) in [4.78, 5) is 11.6. The van der Waals surface area contributed by atoms with Crippen LogP contribution in [0, 0.1) is 0 Å². The molecular formula is C15H11BrF3NO2. The van der Waals surface area contributed by atoms with Crippen LogP contribution in [0.1, 0.15) is 16.9 Å². The fourth-order valence-corrected chi connectivity index (χ4v) is 2.00. The van der Waals surface area contributed by atoms with Gasteiger partial charge in [-0.1, -0.05) is 12.1 Å². The topological polar surface area (TPSA) is 42.2 Å². The predicted octanol–water partition coefficient (Wildman–Crippen LogP) is 4.39. The second-order valence-electron chi connectivity index (χ2n) is 4.39. The maximum Gasteiger partial charge on any atom is 0.416 e. The molecule has 0 aliphatic rings. The molecule has 0 fully saturated rings. The van der Waals surface area contributed by atoms with Gasteiger partial charge in [-0.25, -0.2) is 0 Å². The van der Waals surface area contributed by atoms with Crippen LogP contribution in [0.25, 0.3) is 6.08 Å². The highest BCUT2D eigenvalue weighted by molar-refractivity contribution is 9.10. The summed E-state index contributed by atoms with van der Waals surface area (Å²) in [6.45, 7) is 0.00887. The Balaban J connectivity index is 1.92. The van der Waals surface area contributed by atoms with Gasteiger partial charge in [0.05, 0.1) is 5.56 Å². The minimum Gasteiger partial charge on any atom is -0.450 e. The van der Waals surface area contributed by atoms with E-state index in [0.29, 0.717) is 16.0 Å². The first-order valence-corrected chi connectivity index (χ1v) is 7.01. The Bertz CT molecular complexity index is 692. The first-order valence-electron chi connectivity index (χ1n) is 6.22. The summed E-state index contributed by atoms with van der Waals surface area (Å²) in [5, 5.41) is 2.51. The molecule has 1 heterocycles. The van der Waals surface area contributed by atoms with E-state index in [0.717, 1.165) is 12.1 Å². The molecule has 2 aromatic rings. The van der Waals surface area contributed by atoms with Crippen LogP contribution in [0.5, 0.6) is 0 Å². The van der Waals surface area contributed by atoms with E-state index in [1.54, 1.807) is 12.1 Å². The number of carbonyl (C=O) groups excluding carboxylic acids is 1. The summed E-state index contributed by atoms with van der Waals surface area (Å²) < 4.78 is 43.4. The van der Waals surface area contributed by atoms with Crippen molar-refractivity contribution in [2.24, 2.45) is 0 Å². The van der Waals surface area contributed by atoms with E-state index in [9.17, 15) is 18.0 Å². The zero-order valence-corrected chi connectivity index (χ0v) is 12.7. The summed E-state index contributed by atoms with van der Waals surface area (Å²) in [6.07, 6.45) is -1.68. The van der Waals surface area contributed by atoms with E-state index in [-0.39, 0.29) is 6.54 Å². The number of furan rings is 1. The van der Waals surface area contributed by atoms with Gasteiger partial charge < -0.3 is 9.73 Å². The monoisotopic (exact) mass is 373 g/mol. The highest BCUT2D eigenvalue weighted by Crippen LogP contribution is 2.29. The highest BCUT2D eigenvalue weighted by atomic mass is 79.9. The lowest BCUT2D eigenvalue weighted by molar-refractivity contribution is -0.137. The average Bonchev–Trinajstić information content (AvgIpc) is 2.88. The fourth-order valence-electron chi connectivity index (χ4n) is 1.68. The molecule has 0 saturated heterocycles. The number of hydrogen-bond donors (Lipinski definition) is 1. The van der Waals surface area contributed by atoms with Crippen molar-refractivity contribution < 1.29 is 22.4 Å². The molecule has 0 spiro atoms. The summed E-state index contributed by atoms with van der Waals surface area (Å²) in [7, 11) is 0. The Labute approximate surface area is 132 Å². The van der Waals surface area contributed by atoms with Crippen molar-refractivity contribution in [2.45, 2.75) is 12.7 Å². The van der Waals surface area contributed by atoms with E-state index in [1.165, 1.54) is 24.3 Å². The number of alkyl halides is 3. The van der Waals surface area contributed by atoms with Crippen molar-refractivity contribution in [2.75, 3.05) is 0 Å². The van der Waals surface area contributed by atoms with Crippen LogP contribution < -0.4 is 5.32 Å². The van der Waals surface area contributed by atoms with Crippen molar-refractivity contribution >= 4 is 27.9 Å². The van der Waals surface area contributed by atoms with Crippen LogP contribution in [0.15, 0.2) is 51.6 Å². The Morgan fingerprint density at radius 3 is 2.68 bits per heavy atom. The minimum atomic E-state index is -4.40. The van der Waals surface area contributed by atoms with Crippen molar-refractivity contribution in [1.29, 1.82) is 0 Å². The van der Waals surface area contributed by atoms with Crippen LogP contribution in [-0.2, 0) is 17.5 Å². The molecule has 7 heteroatoms. The van der Waals surface area contributed by atoms with Gasteiger partial charge in [0.15, 0.2) is 4.67 Å². The van der Waals surface area contributed by atoms with Crippen molar-refractivity contribution in [1.82, 2.24) is 5.32 Å². The first-order chi connectivity index (χ1) is 10.3. The zero-order chi connectivity index (χ0) is 16.2. The number of amides is 1. The number of benzene rings is 1. The number of rotatable bonds is 4. The summed E-state index contributed by atoms with van der Waals surface area (Å²) in [6, 6.07) is 8.16. The standard InChI is InChI=1S/C15H11BrF3NO2/c16-13-6-4-12(22-13)5-7-14(21)20-9-10-2-1-3-11(8-10)15(17,18)19/h1-8H,9H2,(H,20,21)/b7-5+. The maximum atomic E-state index is 12.6. The molecule has 0 unspecified atom stereocenters. The smallest absolute Gasteiger partial charge is 0.416 e. The maximum absolute atomic E-state index is 12.6. The normalized spacial score (nSPS) is 11.8. The van der Waals surface area contributed by atoms with Crippen molar-refractivity contribution in [3.05, 3.63) is 64.0 Å². The van der Waals surface area contributed by atoms with Crippen LogP contribution >= 0.6 is 15.9 Å². The minimum absolute atomic E-state index is 0.00887. The van der Waals surface area contributed by atoms with Crippen LogP contribution in [0.4, 0.5) is 13.2 Å². The fraction of sp³-hybridized carbons (Fsp3) is 0.133. The van der Waals surface area contributed by atoms with Crippen molar-refractivity contribution in [3.63, 3.8) is 0 Å². The number of hydrogen-bond acceptors (Lipinski definition) is 2. The molecule has 3 nitrogen and oxygen atoms in total. The Kier molecular flexibility index (Phi) is 5.07. The Hall–Kier alpha value is -2.02. The second-order valence-corrected chi connectivity index (χ2v) is 5.17. The molecule has 116 valence electrons. The Morgan fingerprint density at radius 2 is 2.05 bits per heavy atom. The molecule has 22 heavy (non-hydrogen) atoms. The van der Waals surface area contributed by atoms with Gasteiger partial charge in [0.25, 0.3) is 0 Å². The van der Waals surface area contributed by atoms with Gasteiger partial charge in [0.1, 0.15) is 5.76 Å². The lowest BCUT2D eigenvalue weighted by Crippen LogP contribution is -2.20. The van der Waals surface area contributed by atoms with E-state index >= 15 is 0 Å². The van der Waals surface area contributed by atoms with Gasteiger partial charge in [-0.3, -0.25) is 4.79 Å². The van der Waals surface area contributed by atoms with E-state index in [2.05, 4.69) is 21.2 Å². The molecule has 2 rings (SSSR count). The largest absolute Gasteiger partial charge is 0.450 e. The van der Waals surface area contributed by atoms with Gasteiger partial charge in [0, 0.05) is 12.6 Å². The lowest BCUT2D eigenvalue weighted by Gasteiger charge is -2.08. The third kappa shape index (κ3) is 4.77. The summed E-state index contributed by atoms with van der Waals surface area (Å²) in [5.41, 5.74) is -0.368. The molecule has 0 aliphatic heterocycles. The van der Waals surface area contributed by atoms with E-state index in [1.807, 2.05) is 0 Å². The molecule has 0 atom stereocenters. The van der Waals surface area contributed by atoms with Gasteiger partial charge >= 0.3 is 6.18 Å². The van der Waals surface area contributed by atoms with Crippen LogP contribution in [-0.4, -0.2) is 5.91 Å². The molecule has 1 aromatic heterocycles. The average molecular weight is 374 g/mol. The molecule has 0 bridgehead atoms. The molecule has 0 radical (unpaired) electrons. The third-order valence-electron chi connectivity index (χ3n) is 2.71. The van der Waals surface area contributed by atoms with Gasteiger partial charge in [-0.2, -0.15) is 13.2 Å². The van der Waals surface area contributed by atoms with Gasteiger partial charge in [0.2, 0.25) is 5.91 Å². The van der Waals surface area contributed by atoms with Crippen molar-refractivity contribution in [3.8, 4) is 0 Å². The lowest BCUT2D eigenvalue weighted by atomic mass is 10.1. The number of halogens is 4. The highest BCUT2D eigenvalue weighted by Gasteiger charge is 2.30. The molecule has 1 amide bonds. The molecule has 1 N–H and O–H groups in total.